The Hall–Kier alpha value is -2.60. The van der Waals surface area contributed by atoms with Gasteiger partial charge in [-0.15, -0.1) is 0 Å². The third kappa shape index (κ3) is 6.96. The molecule has 0 saturated heterocycles. The third-order valence-electron chi connectivity index (χ3n) is 4.49. The van der Waals surface area contributed by atoms with Gasteiger partial charge in [-0.3, -0.25) is 10.1 Å². The van der Waals surface area contributed by atoms with E-state index in [2.05, 4.69) is 29.7 Å². The number of anilines is 1. The number of benzene rings is 2. The fraction of sp³-hybridized carbons (Fsp3) is 0.167. The molecule has 2 N–H and O–H groups in total. The molecule has 1 heterocycles. The molecule has 0 bridgehead atoms. The van der Waals surface area contributed by atoms with Gasteiger partial charge < -0.3 is 9.73 Å². The largest absolute Gasteiger partial charge is 0.457 e. The highest BCUT2D eigenvalue weighted by Crippen LogP contribution is 2.31. The van der Waals surface area contributed by atoms with Crippen molar-refractivity contribution >= 4 is 58.2 Å². The van der Waals surface area contributed by atoms with Crippen LogP contribution in [0.2, 0.25) is 10.0 Å². The molecule has 0 aliphatic carbocycles. The summed E-state index contributed by atoms with van der Waals surface area (Å²) in [6.45, 7) is 2.17. The van der Waals surface area contributed by atoms with Gasteiger partial charge in [-0.25, -0.2) is 0 Å². The van der Waals surface area contributed by atoms with E-state index in [4.69, 9.17) is 39.8 Å². The average molecular weight is 473 g/mol. The van der Waals surface area contributed by atoms with Gasteiger partial charge in [-0.05, 0) is 79.2 Å². The molecular weight excluding hydrogens is 451 g/mol. The van der Waals surface area contributed by atoms with Crippen LogP contribution in [0.4, 0.5) is 5.69 Å². The van der Waals surface area contributed by atoms with Crippen molar-refractivity contribution in [2.75, 3.05) is 5.32 Å². The maximum absolute atomic E-state index is 12.2. The van der Waals surface area contributed by atoms with Gasteiger partial charge in [-0.2, -0.15) is 0 Å². The molecule has 1 aromatic heterocycles. The smallest absolute Gasteiger partial charge is 0.250 e. The summed E-state index contributed by atoms with van der Waals surface area (Å²) in [6, 6.07) is 16.7. The van der Waals surface area contributed by atoms with Gasteiger partial charge in [0.25, 0.3) is 0 Å². The average Bonchev–Trinajstić information content (AvgIpc) is 3.20. The Morgan fingerprint density at radius 1 is 1.10 bits per heavy atom. The van der Waals surface area contributed by atoms with Crippen molar-refractivity contribution in [1.29, 1.82) is 0 Å². The Bertz CT molecular complexity index is 1090. The second-order valence-corrected chi connectivity index (χ2v) is 8.16. The van der Waals surface area contributed by atoms with Gasteiger partial charge in [0.15, 0.2) is 5.11 Å². The fourth-order valence-electron chi connectivity index (χ4n) is 2.89. The second-order valence-electron chi connectivity index (χ2n) is 6.90. The van der Waals surface area contributed by atoms with Crippen LogP contribution >= 0.6 is 35.4 Å². The Balaban J connectivity index is 1.53. The Kier molecular flexibility index (Phi) is 8.29. The summed E-state index contributed by atoms with van der Waals surface area (Å²) in [7, 11) is 0. The predicted molar refractivity (Wildman–Crippen MR) is 133 cm³/mol. The van der Waals surface area contributed by atoms with Crippen molar-refractivity contribution in [2.24, 2.45) is 0 Å². The minimum Gasteiger partial charge on any atom is -0.457 e. The van der Waals surface area contributed by atoms with Crippen LogP contribution in [0.15, 0.2) is 65.1 Å². The van der Waals surface area contributed by atoms with Crippen molar-refractivity contribution in [2.45, 2.75) is 26.2 Å². The molecule has 3 rings (SSSR count). The van der Waals surface area contributed by atoms with E-state index in [1.165, 1.54) is 11.6 Å². The maximum atomic E-state index is 12.2. The lowest BCUT2D eigenvalue weighted by Crippen LogP contribution is -2.32. The van der Waals surface area contributed by atoms with Crippen LogP contribution in [0.25, 0.3) is 17.4 Å². The number of rotatable bonds is 7. The number of carbonyl (C=O) groups is 1. The van der Waals surface area contributed by atoms with Gasteiger partial charge in [0, 0.05) is 22.3 Å². The molecular formula is C24H22Cl2N2O2S. The number of unbranched alkanes of at least 4 members (excludes halogenated alkanes) is 1. The standard InChI is InChI=1S/C24H22Cl2N2O2S/c1-2-3-4-16-5-8-18(9-6-16)27-24(31)28-23(29)14-11-19-10-13-22(30-19)20-12-7-17(25)15-21(20)26/h5-15H,2-4H2,1H3,(H2,27,28,29,31)/b14-11+. The van der Waals surface area contributed by atoms with Crippen molar-refractivity contribution in [3.63, 3.8) is 0 Å². The van der Waals surface area contributed by atoms with Crippen LogP contribution in [-0.4, -0.2) is 11.0 Å². The molecule has 31 heavy (non-hydrogen) atoms. The number of furan rings is 1. The van der Waals surface area contributed by atoms with Crippen LogP contribution in [0.3, 0.4) is 0 Å². The van der Waals surface area contributed by atoms with Crippen LogP contribution in [-0.2, 0) is 11.2 Å². The van der Waals surface area contributed by atoms with Crippen molar-refractivity contribution in [1.82, 2.24) is 5.32 Å². The summed E-state index contributed by atoms with van der Waals surface area (Å²) >= 11 is 17.3. The predicted octanol–water partition coefficient (Wildman–Crippen LogP) is 7.12. The summed E-state index contributed by atoms with van der Waals surface area (Å²) in [5, 5.41) is 6.89. The van der Waals surface area contributed by atoms with E-state index in [1.807, 2.05) is 12.1 Å². The monoisotopic (exact) mass is 472 g/mol. The maximum Gasteiger partial charge on any atom is 0.250 e. The summed E-state index contributed by atoms with van der Waals surface area (Å²) in [4.78, 5) is 12.2. The number of nitrogens with one attached hydrogen (secondary N) is 2. The van der Waals surface area contributed by atoms with Crippen molar-refractivity contribution < 1.29 is 9.21 Å². The Morgan fingerprint density at radius 3 is 2.58 bits per heavy atom. The van der Waals surface area contributed by atoms with Crippen LogP contribution in [0.5, 0.6) is 0 Å². The van der Waals surface area contributed by atoms with Crippen molar-refractivity contribution in [3.8, 4) is 11.3 Å². The van der Waals surface area contributed by atoms with E-state index in [-0.39, 0.29) is 11.0 Å². The van der Waals surface area contributed by atoms with Gasteiger partial charge in [-0.1, -0.05) is 48.7 Å². The quantitative estimate of drug-likeness (QED) is 0.283. The molecule has 0 fully saturated rings. The molecule has 160 valence electrons. The minimum atomic E-state index is -0.362. The first-order valence-corrected chi connectivity index (χ1v) is 11.1. The van der Waals surface area contributed by atoms with E-state index in [9.17, 15) is 4.79 Å². The minimum absolute atomic E-state index is 0.226. The van der Waals surface area contributed by atoms with Crippen LogP contribution in [0, 0.1) is 0 Å². The highest BCUT2D eigenvalue weighted by atomic mass is 35.5. The summed E-state index contributed by atoms with van der Waals surface area (Å²) < 4.78 is 5.74. The number of aryl methyl sites for hydroxylation is 1. The molecule has 0 radical (unpaired) electrons. The molecule has 0 aliphatic heterocycles. The molecule has 0 saturated carbocycles. The molecule has 2 aromatic carbocycles. The molecule has 4 nitrogen and oxygen atoms in total. The summed E-state index contributed by atoms with van der Waals surface area (Å²) in [6.07, 6.45) is 6.30. The first-order chi connectivity index (χ1) is 14.9. The Morgan fingerprint density at radius 2 is 1.87 bits per heavy atom. The van der Waals surface area contributed by atoms with Gasteiger partial charge in [0.1, 0.15) is 11.5 Å². The topological polar surface area (TPSA) is 54.3 Å². The SMILES string of the molecule is CCCCc1ccc(NC(=S)NC(=O)/C=C/c2ccc(-c3ccc(Cl)cc3Cl)o2)cc1. The number of hydrogen-bond acceptors (Lipinski definition) is 3. The molecule has 0 unspecified atom stereocenters. The van der Waals surface area contributed by atoms with E-state index in [0.717, 1.165) is 30.5 Å². The zero-order valence-electron chi connectivity index (χ0n) is 17.0. The number of hydrogen-bond donors (Lipinski definition) is 2. The molecule has 1 amide bonds. The fourth-order valence-corrected chi connectivity index (χ4v) is 3.61. The zero-order chi connectivity index (χ0) is 22.2. The molecule has 3 aromatic rings. The number of amides is 1. The molecule has 0 atom stereocenters. The number of thiocarbonyl (C=S) groups is 1. The van der Waals surface area contributed by atoms with E-state index in [0.29, 0.717) is 21.6 Å². The van der Waals surface area contributed by atoms with Crippen LogP contribution < -0.4 is 10.6 Å². The molecule has 0 spiro atoms. The summed E-state index contributed by atoms with van der Waals surface area (Å²) in [5.74, 6) is 0.735. The second kappa shape index (κ2) is 11.1. The number of carbonyl (C=O) groups excluding carboxylic acids is 1. The Labute approximate surface area is 197 Å². The first kappa shape index (κ1) is 23.1. The van der Waals surface area contributed by atoms with Crippen molar-refractivity contribution in [3.05, 3.63) is 82.0 Å². The van der Waals surface area contributed by atoms with E-state index >= 15 is 0 Å². The van der Waals surface area contributed by atoms with Gasteiger partial charge in [0.05, 0.1) is 5.02 Å². The summed E-state index contributed by atoms with van der Waals surface area (Å²) in [5.41, 5.74) is 2.83. The highest BCUT2D eigenvalue weighted by Gasteiger charge is 2.09. The molecule has 7 heteroatoms. The first-order valence-electron chi connectivity index (χ1n) is 9.89. The van der Waals surface area contributed by atoms with Gasteiger partial charge >= 0.3 is 0 Å². The third-order valence-corrected chi connectivity index (χ3v) is 5.24. The zero-order valence-corrected chi connectivity index (χ0v) is 19.3. The lowest BCUT2D eigenvalue weighted by Gasteiger charge is -2.09. The lowest BCUT2D eigenvalue weighted by molar-refractivity contribution is -0.115. The van der Waals surface area contributed by atoms with E-state index in [1.54, 1.807) is 36.4 Å². The molecule has 0 aliphatic rings. The highest BCUT2D eigenvalue weighted by molar-refractivity contribution is 7.80. The number of halogens is 2. The van der Waals surface area contributed by atoms with Crippen LogP contribution in [0.1, 0.15) is 31.1 Å². The van der Waals surface area contributed by atoms with Gasteiger partial charge in [0.2, 0.25) is 5.91 Å². The lowest BCUT2D eigenvalue weighted by atomic mass is 10.1. The van der Waals surface area contributed by atoms with E-state index < -0.39 is 0 Å². The normalized spacial score (nSPS) is 10.9.